The van der Waals surface area contributed by atoms with Crippen LogP contribution in [0.15, 0.2) is 48.7 Å². The average Bonchev–Trinajstić information content (AvgIpc) is 2.92. The Labute approximate surface area is 176 Å². The van der Waals surface area contributed by atoms with Crippen molar-refractivity contribution in [2.45, 2.75) is 25.1 Å². The highest BCUT2D eigenvalue weighted by molar-refractivity contribution is 7.83. The van der Waals surface area contributed by atoms with Crippen molar-refractivity contribution in [3.63, 3.8) is 0 Å². The van der Waals surface area contributed by atoms with Crippen LogP contribution in [0.4, 0.5) is 16.0 Å². The van der Waals surface area contributed by atoms with E-state index < -0.39 is 22.2 Å². The van der Waals surface area contributed by atoms with Gasteiger partial charge in [-0.15, -0.1) is 0 Å². The van der Waals surface area contributed by atoms with Gasteiger partial charge in [0, 0.05) is 45.6 Å². The topological polar surface area (TPSA) is 84.0 Å². The van der Waals surface area contributed by atoms with Gasteiger partial charge in [-0.2, -0.15) is 0 Å². The second kappa shape index (κ2) is 7.60. The highest BCUT2D eigenvalue weighted by Crippen LogP contribution is 2.33. The Kier molecular flexibility index (Phi) is 5.11. The third-order valence-electron chi connectivity index (χ3n) is 4.98. The minimum absolute atomic E-state index is 0.0771. The molecule has 0 aliphatic carbocycles. The van der Waals surface area contributed by atoms with Crippen molar-refractivity contribution in [1.29, 1.82) is 0 Å². The first kappa shape index (κ1) is 20.2. The standard InChI is InChI=1S/C22H21FN4O2S/c1-22(2)17-11-13(4-6-16(17)20(28)27-22)19-8-9-24-21(26-19)25-15-5-7-18(23)14(10-15)12-30(3)29/h4-11H,12H2,1-3H3,(H,27,28)(H,24,25,26). The first-order chi connectivity index (χ1) is 14.2. The van der Waals surface area contributed by atoms with Crippen LogP contribution in [0.25, 0.3) is 11.3 Å². The molecule has 0 radical (unpaired) electrons. The molecule has 0 spiro atoms. The highest BCUT2D eigenvalue weighted by atomic mass is 32.2. The van der Waals surface area contributed by atoms with Crippen molar-refractivity contribution in [2.75, 3.05) is 11.6 Å². The van der Waals surface area contributed by atoms with Crippen LogP contribution in [0.2, 0.25) is 0 Å². The quantitative estimate of drug-likeness (QED) is 0.649. The number of halogens is 1. The fourth-order valence-corrected chi connectivity index (χ4v) is 4.19. The van der Waals surface area contributed by atoms with Gasteiger partial charge in [0.15, 0.2) is 0 Å². The second-order valence-electron chi connectivity index (χ2n) is 7.75. The van der Waals surface area contributed by atoms with Gasteiger partial charge >= 0.3 is 0 Å². The van der Waals surface area contributed by atoms with Crippen LogP contribution in [-0.2, 0) is 22.1 Å². The number of hydrogen-bond donors (Lipinski definition) is 2. The van der Waals surface area contributed by atoms with E-state index in [-0.39, 0.29) is 11.7 Å². The van der Waals surface area contributed by atoms with Crippen LogP contribution in [0, 0.1) is 5.82 Å². The minimum Gasteiger partial charge on any atom is -0.343 e. The lowest BCUT2D eigenvalue weighted by atomic mass is 9.92. The molecule has 6 nitrogen and oxygen atoms in total. The van der Waals surface area contributed by atoms with Crippen molar-refractivity contribution < 1.29 is 13.4 Å². The number of nitrogens with zero attached hydrogens (tertiary/aromatic N) is 2. The lowest BCUT2D eigenvalue weighted by Crippen LogP contribution is -2.32. The Morgan fingerprint density at radius 1 is 1.17 bits per heavy atom. The Morgan fingerprint density at radius 2 is 1.97 bits per heavy atom. The normalized spacial score (nSPS) is 15.4. The van der Waals surface area contributed by atoms with Crippen LogP contribution >= 0.6 is 0 Å². The molecular weight excluding hydrogens is 403 g/mol. The molecule has 1 aliphatic heterocycles. The lowest BCUT2D eigenvalue weighted by molar-refractivity contribution is 0.0940. The summed E-state index contributed by atoms with van der Waals surface area (Å²) >= 11 is 0. The molecule has 1 amide bonds. The second-order valence-corrected chi connectivity index (χ2v) is 9.19. The summed E-state index contributed by atoms with van der Waals surface area (Å²) < 4.78 is 25.4. The molecule has 1 aromatic heterocycles. The first-order valence-electron chi connectivity index (χ1n) is 9.39. The summed E-state index contributed by atoms with van der Waals surface area (Å²) in [7, 11) is -1.15. The molecule has 154 valence electrons. The van der Waals surface area contributed by atoms with E-state index in [2.05, 4.69) is 20.6 Å². The van der Waals surface area contributed by atoms with Crippen molar-refractivity contribution in [2.24, 2.45) is 0 Å². The summed E-state index contributed by atoms with van der Waals surface area (Å²) in [5.74, 6) is 0.0256. The monoisotopic (exact) mass is 424 g/mol. The van der Waals surface area contributed by atoms with Gasteiger partial charge in [0.1, 0.15) is 5.82 Å². The van der Waals surface area contributed by atoms with Gasteiger partial charge in [0.05, 0.1) is 17.0 Å². The van der Waals surface area contributed by atoms with E-state index in [1.807, 2.05) is 26.0 Å². The predicted octanol–water partition coefficient (Wildman–Crippen LogP) is 3.88. The molecule has 1 aliphatic rings. The minimum atomic E-state index is -1.15. The van der Waals surface area contributed by atoms with E-state index in [1.54, 1.807) is 30.5 Å². The molecule has 0 fully saturated rings. The molecule has 4 rings (SSSR count). The molecule has 2 heterocycles. The molecule has 8 heteroatoms. The molecule has 3 aromatic rings. The van der Waals surface area contributed by atoms with Gasteiger partial charge in [-0.25, -0.2) is 14.4 Å². The summed E-state index contributed by atoms with van der Waals surface area (Å²) in [6.07, 6.45) is 3.17. The number of carbonyl (C=O) groups is 1. The van der Waals surface area contributed by atoms with E-state index in [0.717, 1.165) is 11.1 Å². The number of fused-ring (bicyclic) bond motifs is 1. The van der Waals surface area contributed by atoms with E-state index in [9.17, 15) is 13.4 Å². The fraction of sp³-hybridized carbons (Fsp3) is 0.227. The summed E-state index contributed by atoms with van der Waals surface area (Å²) in [4.78, 5) is 20.9. The number of benzene rings is 2. The largest absolute Gasteiger partial charge is 0.343 e. The van der Waals surface area contributed by atoms with Crippen LogP contribution in [0.1, 0.15) is 35.3 Å². The van der Waals surface area contributed by atoms with Gasteiger partial charge in [-0.1, -0.05) is 6.07 Å². The average molecular weight is 425 g/mol. The molecule has 0 saturated carbocycles. The van der Waals surface area contributed by atoms with E-state index in [0.29, 0.717) is 28.5 Å². The lowest BCUT2D eigenvalue weighted by Gasteiger charge is -2.19. The van der Waals surface area contributed by atoms with E-state index in [1.165, 1.54) is 12.3 Å². The number of anilines is 2. The van der Waals surface area contributed by atoms with Crippen LogP contribution in [-0.4, -0.2) is 26.3 Å². The summed E-state index contributed by atoms with van der Waals surface area (Å²) in [6, 6.07) is 12.0. The van der Waals surface area contributed by atoms with Crippen molar-refractivity contribution in [3.8, 4) is 11.3 Å². The van der Waals surface area contributed by atoms with Gasteiger partial charge in [0.2, 0.25) is 5.95 Å². The summed E-state index contributed by atoms with van der Waals surface area (Å²) in [6.45, 7) is 3.92. The maximum atomic E-state index is 13.9. The smallest absolute Gasteiger partial charge is 0.252 e. The van der Waals surface area contributed by atoms with E-state index in [4.69, 9.17) is 0 Å². The SMILES string of the molecule is CS(=O)Cc1cc(Nc2nccc(-c3ccc4c(c3)C(C)(C)NC4=O)n2)ccc1F. The zero-order valence-corrected chi connectivity index (χ0v) is 17.6. The highest BCUT2D eigenvalue weighted by Gasteiger charge is 2.35. The molecule has 1 unspecified atom stereocenters. The first-order valence-corrected chi connectivity index (χ1v) is 11.1. The predicted molar refractivity (Wildman–Crippen MR) is 115 cm³/mol. The fourth-order valence-electron chi connectivity index (χ4n) is 3.53. The number of aromatic nitrogens is 2. The molecule has 30 heavy (non-hydrogen) atoms. The van der Waals surface area contributed by atoms with Crippen molar-refractivity contribution >= 4 is 28.3 Å². The number of hydrogen-bond acceptors (Lipinski definition) is 5. The van der Waals surface area contributed by atoms with Gasteiger partial charge in [0.25, 0.3) is 5.91 Å². The number of amides is 1. The Balaban J connectivity index is 1.63. The molecule has 2 N–H and O–H groups in total. The molecule has 2 aromatic carbocycles. The number of nitrogens with one attached hydrogen (secondary N) is 2. The molecule has 0 bridgehead atoms. The Bertz CT molecular complexity index is 1180. The molecular formula is C22H21FN4O2S. The van der Waals surface area contributed by atoms with Gasteiger partial charge in [-0.3, -0.25) is 9.00 Å². The van der Waals surface area contributed by atoms with Crippen molar-refractivity contribution in [1.82, 2.24) is 15.3 Å². The van der Waals surface area contributed by atoms with Gasteiger partial charge in [-0.05, 0) is 55.8 Å². The van der Waals surface area contributed by atoms with Crippen LogP contribution in [0.5, 0.6) is 0 Å². The molecule has 0 saturated heterocycles. The zero-order chi connectivity index (χ0) is 21.5. The Hall–Kier alpha value is -3.13. The van der Waals surface area contributed by atoms with E-state index >= 15 is 0 Å². The summed E-state index contributed by atoms with van der Waals surface area (Å²) in [5.41, 5.74) is 3.69. The third-order valence-corrected chi connectivity index (χ3v) is 5.69. The van der Waals surface area contributed by atoms with Crippen molar-refractivity contribution in [3.05, 3.63) is 71.2 Å². The van der Waals surface area contributed by atoms with Gasteiger partial charge < -0.3 is 10.6 Å². The maximum absolute atomic E-state index is 13.9. The summed E-state index contributed by atoms with van der Waals surface area (Å²) in [5, 5.41) is 6.04. The van der Waals surface area contributed by atoms with Crippen LogP contribution < -0.4 is 10.6 Å². The third kappa shape index (κ3) is 3.95. The maximum Gasteiger partial charge on any atom is 0.252 e. The Morgan fingerprint density at radius 3 is 2.73 bits per heavy atom. The molecule has 1 atom stereocenters. The zero-order valence-electron chi connectivity index (χ0n) is 16.8. The number of carbonyl (C=O) groups excluding carboxylic acids is 1. The number of rotatable bonds is 5. The van der Waals surface area contributed by atoms with Crippen LogP contribution in [0.3, 0.4) is 0 Å².